The molecule has 2 aliphatic rings. The minimum atomic E-state index is -0.514. The molecule has 4 heteroatoms. The minimum Gasteiger partial charge on any atom is -0.391 e. The first-order valence-electron chi connectivity index (χ1n) is 12.6. The first-order valence-corrected chi connectivity index (χ1v) is 12.6. The van der Waals surface area contributed by atoms with Gasteiger partial charge >= 0.3 is 0 Å². The van der Waals surface area contributed by atoms with Crippen molar-refractivity contribution in [1.29, 1.82) is 0 Å². The van der Waals surface area contributed by atoms with Gasteiger partial charge in [-0.25, -0.2) is 0 Å². The summed E-state index contributed by atoms with van der Waals surface area (Å²) in [5.74, 6) is -0.726. The van der Waals surface area contributed by atoms with Gasteiger partial charge in [0.15, 0.2) is 11.6 Å². The van der Waals surface area contributed by atoms with Gasteiger partial charge in [0.2, 0.25) is 0 Å². The van der Waals surface area contributed by atoms with Gasteiger partial charge in [-0.1, -0.05) is 78.9 Å². The van der Waals surface area contributed by atoms with Crippen LogP contribution in [0.15, 0.2) is 102 Å². The number of carbonyl (C=O) groups is 2. The Labute approximate surface area is 212 Å². The van der Waals surface area contributed by atoms with E-state index in [0.717, 1.165) is 29.5 Å². The van der Waals surface area contributed by atoms with Crippen LogP contribution in [0.2, 0.25) is 0 Å². The third-order valence-electron chi connectivity index (χ3n) is 7.58. The maximum atomic E-state index is 14.0. The average molecular weight is 478 g/mol. The van der Waals surface area contributed by atoms with Gasteiger partial charge in [-0.2, -0.15) is 0 Å². The van der Waals surface area contributed by atoms with Crippen LogP contribution in [0.3, 0.4) is 0 Å². The van der Waals surface area contributed by atoms with E-state index in [1.54, 1.807) is 0 Å². The molecule has 0 bridgehead atoms. The Bertz CT molecular complexity index is 1270. The summed E-state index contributed by atoms with van der Waals surface area (Å²) in [4.78, 5) is 30.0. The number of carbonyl (C=O) groups excluding carboxylic acids is 2. The molecule has 1 fully saturated rings. The quantitative estimate of drug-likeness (QED) is 0.433. The molecule has 1 N–H and O–H groups in total. The Kier molecular flexibility index (Phi) is 6.71. The van der Waals surface area contributed by atoms with Crippen molar-refractivity contribution in [2.24, 2.45) is 0 Å². The van der Waals surface area contributed by atoms with E-state index >= 15 is 0 Å². The van der Waals surface area contributed by atoms with Crippen LogP contribution in [0.25, 0.3) is 0 Å². The molecule has 0 spiro atoms. The van der Waals surface area contributed by atoms with E-state index in [4.69, 9.17) is 0 Å². The number of benzene rings is 3. The predicted octanol–water partition coefficient (Wildman–Crippen LogP) is 6.15. The van der Waals surface area contributed by atoms with E-state index in [9.17, 15) is 14.7 Å². The van der Waals surface area contributed by atoms with Crippen LogP contribution < -0.4 is 0 Å². The summed E-state index contributed by atoms with van der Waals surface area (Å²) in [7, 11) is 0. The van der Waals surface area contributed by atoms with Crippen molar-refractivity contribution in [3.8, 4) is 0 Å². The summed E-state index contributed by atoms with van der Waals surface area (Å²) in [6.45, 7) is 4.10. The van der Waals surface area contributed by atoms with E-state index in [0.29, 0.717) is 28.7 Å². The van der Waals surface area contributed by atoms with Gasteiger partial charge in [-0.15, -0.1) is 0 Å². The zero-order valence-electron chi connectivity index (χ0n) is 20.7. The second kappa shape index (κ2) is 10.1. The summed E-state index contributed by atoms with van der Waals surface area (Å²) in [6.07, 6.45) is 5.69. The van der Waals surface area contributed by atoms with Crippen LogP contribution in [0, 0.1) is 13.8 Å². The second-order valence-electron chi connectivity index (χ2n) is 9.79. The average Bonchev–Trinajstić information content (AvgIpc) is 3.35. The highest BCUT2D eigenvalue weighted by Gasteiger charge is 2.38. The normalized spacial score (nSPS) is 20.1. The van der Waals surface area contributed by atoms with Crippen LogP contribution in [-0.2, 0) is 0 Å². The molecule has 3 aromatic rings. The predicted molar refractivity (Wildman–Crippen MR) is 142 cm³/mol. The van der Waals surface area contributed by atoms with Crippen molar-refractivity contribution in [2.45, 2.75) is 51.2 Å². The fourth-order valence-electron chi connectivity index (χ4n) is 5.45. The fourth-order valence-corrected chi connectivity index (χ4v) is 5.45. The molecule has 3 aromatic carbocycles. The van der Waals surface area contributed by atoms with E-state index in [1.165, 1.54) is 0 Å². The maximum absolute atomic E-state index is 14.0. The highest BCUT2D eigenvalue weighted by molar-refractivity contribution is 6.15. The number of Topliss-reactive ketones (excluding diaryl/α,β-unsaturated/α-hetero) is 2. The lowest BCUT2D eigenvalue weighted by atomic mass is 9.75. The van der Waals surface area contributed by atoms with Crippen molar-refractivity contribution >= 4 is 11.6 Å². The third kappa shape index (κ3) is 4.45. The number of hydrogen-bond acceptors (Lipinski definition) is 4. The van der Waals surface area contributed by atoms with Gasteiger partial charge in [0.25, 0.3) is 0 Å². The van der Waals surface area contributed by atoms with Crippen LogP contribution in [0.4, 0.5) is 0 Å². The lowest BCUT2D eigenvalue weighted by Gasteiger charge is -2.36. The third-order valence-corrected chi connectivity index (χ3v) is 7.58. The first-order chi connectivity index (χ1) is 17.5. The van der Waals surface area contributed by atoms with Crippen molar-refractivity contribution in [3.05, 3.63) is 130 Å². The lowest BCUT2D eigenvalue weighted by Crippen LogP contribution is -2.38. The molecule has 1 aliphatic carbocycles. The molecule has 0 amide bonds. The summed E-state index contributed by atoms with van der Waals surface area (Å²) >= 11 is 0. The van der Waals surface area contributed by atoms with Crippen LogP contribution in [0.1, 0.15) is 62.6 Å². The van der Waals surface area contributed by atoms with Gasteiger partial charge in [-0.3, -0.25) is 9.59 Å². The molecule has 182 valence electrons. The van der Waals surface area contributed by atoms with E-state index < -0.39 is 12.0 Å². The first kappa shape index (κ1) is 24.0. The standard InChI is InChI=1S/C32H31NO3/c1-21-11-9-16-25(22(21)2)30-26(31(35)23-12-5-3-6-13-23)19-33(28-17-10-18-29(28)34)20-27(30)32(36)24-14-7-4-8-15-24/h3-9,11-16,19-20,28-30,34H,10,17-18H2,1-2H3. The number of aliphatic hydroxyl groups excluding tert-OH is 1. The van der Waals surface area contributed by atoms with E-state index in [-0.39, 0.29) is 17.6 Å². The second-order valence-corrected chi connectivity index (χ2v) is 9.79. The minimum absolute atomic E-state index is 0.106. The number of ketones is 2. The molecule has 0 aromatic heterocycles. The molecule has 0 saturated heterocycles. The molecule has 5 rings (SSSR count). The molecule has 1 saturated carbocycles. The number of aliphatic hydroxyl groups is 1. The lowest BCUT2D eigenvalue weighted by molar-refractivity contribution is 0.0982. The Morgan fingerprint density at radius 2 is 1.31 bits per heavy atom. The van der Waals surface area contributed by atoms with E-state index in [1.807, 2.05) is 110 Å². The monoisotopic (exact) mass is 477 g/mol. The molecule has 4 nitrogen and oxygen atoms in total. The zero-order chi connectivity index (χ0) is 25.2. The molecule has 2 atom stereocenters. The van der Waals surface area contributed by atoms with Gasteiger partial charge in [0, 0.05) is 40.6 Å². The summed E-state index contributed by atoms with van der Waals surface area (Å²) < 4.78 is 0. The number of aryl methyl sites for hydroxylation is 1. The van der Waals surface area contributed by atoms with Crippen molar-refractivity contribution < 1.29 is 14.7 Å². The zero-order valence-corrected chi connectivity index (χ0v) is 20.7. The van der Waals surface area contributed by atoms with E-state index in [2.05, 4.69) is 0 Å². The van der Waals surface area contributed by atoms with Gasteiger partial charge in [0.05, 0.1) is 12.1 Å². The number of hydrogen-bond donors (Lipinski definition) is 1. The molecular weight excluding hydrogens is 446 g/mol. The van der Waals surface area contributed by atoms with Gasteiger partial charge in [0.1, 0.15) is 0 Å². The topological polar surface area (TPSA) is 57.6 Å². The molecule has 2 unspecified atom stereocenters. The Balaban J connectivity index is 1.72. The highest BCUT2D eigenvalue weighted by Crippen LogP contribution is 2.42. The molecule has 1 aliphatic heterocycles. The maximum Gasteiger partial charge on any atom is 0.191 e. The van der Waals surface area contributed by atoms with Crippen LogP contribution >= 0.6 is 0 Å². The smallest absolute Gasteiger partial charge is 0.191 e. The summed E-state index contributed by atoms with van der Waals surface area (Å²) in [5, 5.41) is 10.7. The Hall–Kier alpha value is -3.76. The van der Waals surface area contributed by atoms with Crippen molar-refractivity contribution in [1.82, 2.24) is 4.90 Å². The number of allylic oxidation sites excluding steroid dienone is 2. The Morgan fingerprint density at radius 3 is 1.81 bits per heavy atom. The van der Waals surface area contributed by atoms with Crippen LogP contribution in [0.5, 0.6) is 0 Å². The highest BCUT2D eigenvalue weighted by atomic mass is 16.3. The summed E-state index contributed by atoms with van der Waals surface area (Å²) in [6, 6.07) is 24.3. The fraction of sp³-hybridized carbons (Fsp3) is 0.250. The van der Waals surface area contributed by atoms with Gasteiger partial charge in [-0.05, 0) is 49.8 Å². The molecule has 36 heavy (non-hydrogen) atoms. The largest absolute Gasteiger partial charge is 0.391 e. The van der Waals surface area contributed by atoms with Crippen molar-refractivity contribution in [3.63, 3.8) is 0 Å². The molecule has 1 heterocycles. The SMILES string of the molecule is Cc1cccc(C2C(C(=O)c3ccccc3)=CN(C3CCCC3O)C=C2C(=O)c2ccccc2)c1C. The van der Waals surface area contributed by atoms with Crippen molar-refractivity contribution in [2.75, 3.05) is 0 Å². The molecule has 0 radical (unpaired) electrons. The van der Waals surface area contributed by atoms with Gasteiger partial charge < -0.3 is 10.0 Å². The number of nitrogens with zero attached hydrogens (tertiary/aromatic N) is 1. The Morgan fingerprint density at radius 1 is 0.750 bits per heavy atom. The number of rotatable bonds is 6. The summed E-state index contributed by atoms with van der Waals surface area (Å²) in [5.41, 5.74) is 5.40. The molecular formula is C32H31NO3. The van der Waals surface area contributed by atoms with Crippen LogP contribution in [-0.4, -0.2) is 33.7 Å².